The zero-order valence-electron chi connectivity index (χ0n) is 11.5. The molecular weight excluding hydrogens is 298 g/mol. The number of rotatable bonds is 4. The number of para-hydroxylation sites is 1. The number of aromatic nitrogens is 2. The molecule has 0 bridgehead atoms. The van der Waals surface area contributed by atoms with Crippen LogP contribution >= 0.6 is 12.2 Å². The third-order valence-corrected chi connectivity index (χ3v) is 3.49. The Morgan fingerprint density at radius 2 is 1.91 bits per heavy atom. The van der Waals surface area contributed by atoms with Crippen LogP contribution in [0.3, 0.4) is 0 Å². The first-order valence-electron chi connectivity index (χ1n) is 6.68. The Bertz CT molecular complexity index is 888. The lowest BCUT2D eigenvalue weighted by atomic mass is 10.1. The Morgan fingerprint density at radius 3 is 2.64 bits per heavy atom. The Balaban J connectivity index is 1.84. The van der Waals surface area contributed by atoms with Gasteiger partial charge in [-0.05, 0) is 42.0 Å². The van der Waals surface area contributed by atoms with Gasteiger partial charge in [0.05, 0.1) is 11.1 Å². The molecule has 5 nitrogen and oxygen atoms in total. The fourth-order valence-corrected chi connectivity index (χ4v) is 2.39. The van der Waals surface area contributed by atoms with Crippen LogP contribution in [0, 0.1) is 4.77 Å². The van der Waals surface area contributed by atoms with Gasteiger partial charge in [-0.1, -0.05) is 24.3 Å². The number of fused-ring (bicyclic) bond motifs is 1. The van der Waals surface area contributed by atoms with Crippen LogP contribution in [0.2, 0.25) is 0 Å². The van der Waals surface area contributed by atoms with E-state index in [2.05, 4.69) is 15.3 Å². The van der Waals surface area contributed by atoms with Crippen molar-refractivity contribution in [3.63, 3.8) is 0 Å². The molecule has 0 radical (unpaired) electrons. The highest BCUT2D eigenvalue weighted by molar-refractivity contribution is 7.71. The van der Waals surface area contributed by atoms with Crippen molar-refractivity contribution in [3.05, 3.63) is 64.4 Å². The van der Waals surface area contributed by atoms with Crippen molar-refractivity contribution in [3.8, 4) is 0 Å². The zero-order valence-corrected chi connectivity index (χ0v) is 12.4. The van der Waals surface area contributed by atoms with Crippen LogP contribution in [-0.2, 0) is 6.54 Å². The molecule has 0 saturated heterocycles. The molecular formula is C16H13N3O2S. The monoisotopic (exact) mass is 311 g/mol. The maximum Gasteiger partial charge on any atom is 0.335 e. The number of hydrogen-bond acceptors (Lipinski definition) is 4. The van der Waals surface area contributed by atoms with Crippen LogP contribution in [0.15, 0.2) is 48.5 Å². The third-order valence-electron chi connectivity index (χ3n) is 3.30. The maximum atomic E-state index is 10.8. The van der Waals surface area contributed by atoms with Crippen molar-refractivity contribution < 1.29 is 9.90 Å². The highest BCUT2D eigenvalue weighted by atomic mass is 32.1. The Kier molecular flexibility index (Phi) is 3.84. The summed E-state index contributed by atoms with van der Waals surface area (Å²) in [6, 6.07) is 14.5. The number of hydrogen-bond donors (Lipinski definition) is 3. The number of benzene rings is 2. The van der Waals surface area contributed by atoms with Gasteiger partial charge >= 0.3 is 5.97 Å². The summed E-state index contributed by atoms with van der Waals surface area (Å²) in [6.07, 6.45) is 0. The maximum absolute atomic E-state index is 10.8. The fourth-order valence-electron chi connectivity index (χ4n) is 2.19. The molecule has 3 N–H and O–H groups in total. The first kappa shape index (κ1) is 14.2. The van der Waals surface area contributed by atoms with E-state index < -0.39 is 5.97 Å². The summed E-state index contributed by atoms with van der Waals surface area (Å²) in [7, 11) is 0. The number of anilines is 1. The third kappa shape index (κ3) is 2.96. The number of H-pyrrole nitrogens is 1. The zero-order chi connectivity index (χ0) is 15.5. The van der Waals surface area contributed by atoms with Gasteiger partial charge in [0.1, 0.15) is 5.82 Å². The summed E-state index contributed by atoms with van der Waals surface area (Å²) in [6.45, 7) is 0.537. The van der Waals surface area contributed by atoms with E-state index in [1.54, 1.807) is 24.3 Å². The molecule has 22 heavy (non-hydrogen) atoms. The number of nitrogens with one attached hydrogen (secondary N) is 2. The molecule has 0 atom stereocenters. The Morgan fingerprint density at radius 1 is 1.18 bits per heavy atom. The van der Waals surface area contributed by atoms with E-state index in [0.29, 0.717) is 17.1 Å². The van der Waals surface area contributed by atoms with Gasteiger partial charge in [0, 0.05) is 11.9 Å². The lowest BCUT2D eigenvalue weighted by Gasteiger charge is -2.09. The summed E-state index contributed by atoms with van der Waals surface area (Å²) in [5, 5.41) is 13.1. The molecule has 0 aliphatic heterocycles. The van der Waals surface area contributed by atoms with E-state index in [9.17, 15) is 4.79 Å². The van der Waals surface area contributed by atoms with Crippen LogP contribution in [0.25, 0.3) is 10.9 Å². The summed E-state index contributed by atoms with van der Waals surface area (Å²) in [5.41, 5.74) is 2.16. The van der Waals surface area contributed by atoms with Crippen molar-refractivity contribution in [2.75, 3.05) is 5.32 Å². The summed E-state index contributed by atoms with van der Waals surface area (Å²) in [5.74, 6) is -0.219. The van der Waals surface area contributed by atoms with Crippen molar-refractivity contribution in [2.24, 2.45) is 0 Å². The average molecular weight is 311 g/mol. The standard InChI is InChI=1S/C16H13N3O2S/c20-15(21)11-7-5-10(6-8-11)9-17-14-12-3-1-2-4-13(12)18-16(22)19-14/h1-8H,9H2,(H,20,21)(H2,17,18,19,22). The molecule has 0 saturated carbocycles. The van der Waals surface area contributed by atoms with Crippen LogP contribution in [0.4, 0.5) is 5.82 Å². The summed E-state index contributed by atoms with van der Waals surface area (Å²) in [4.78, 5) is 18.2. The molecule has 1 heterocycles. The van der Waals surface area contributed by atoms with Crippen LogP contribution in [0.1, 0.15) is 15.9 Å². The number of carbonyl (C=O) groups is 1. The largest absolute Gasteiger partial charge is 0.478 e. The Labute approximate surface area is 131 Å². The van der Waals surface area contributed by atoms with Crippen molar-refractivity contribution >= 4 is 34.9 Å². The van der Waals surface area contributed by atoms with Crippen LogP contribution in [-0.4, -0.2) is 21.0 Å². The minimum atomic E-state index is -0.929. The molecule has 3 aromatic rings. The smallest absolute Gasteiger partial charge is 0.335 e. The number of aromatic carboxylic acids is 1. The topological polar surface area (TPSA) is 78.0 Å². The SMILES string of the molecule is O=C(O)c1ccc(CNc2nc(=S)[nH]c3ccccc23)cc1. The quantitative estimate of drug-likeness (QED) is 0.642. The van der Waals surface area contributed by atoms with Gasteiger partial charge in [-0.3, -0.25) is 0 Å². The van der Waals surface area contributed by atoms with Crippen molar-refractivity contribution in [1.82, 2.24) is 9.97 Å². The lowest BCUT2D eigenvalue weighted by molar-refractivity contribution is 0.0697. The van der Waals surface area contributed by atoms with E-state index in [1.807, 2.05) is 24.3 Å². The summed E-state index contributed by atoms with van der Waals surface area (Å²) >= 11 is 5.13. The lowest BCUT2D eigenvalue weighted by Crippen LogP contribution is -2.04. The van der Waals surface area contributed by atoms with Gasteiger partial charge in [-0.25, -0.2) is 9.78 Å². The van der Waals surface area contributed by atoms with Gasteiger partial charge in [0.25, 0.3) is 0 Å². The second-order valence-corrected chi connectivity index (χ2v) is 5.18. The van der Waals surface area contributed by atoms with Gasteiger partial charge < -0.3 is 15.4 Å². The molecule has 0 fully saturated rings. The van der Waals surface area contributed by atoms with Crippen LogP contribution in [0.5, 0.6) is 0 Å². The normalized spacial score (nSPS) is 10.5. The minimum Gasteiger partial charge on any atom is -0.478 e. The molecule has 0 aliphatic carbocycles. The van der Waals surface area contributed by atoms with Gasteiger partial charge in [-0.2, -0.15) is 0 Å². The van der Waals surface area contributed by atoms with Gasteiger partial charge in [0.15, 0.2) is 4.77 Å². The van der Waals surface area contributed by atoms with Gasteiger partial charge in [-0.15, -0.1) is 0 Å². The highest BCUT2D eigenvalue weighted by Crippen LogP contribution is 2.19. The average Bonchev–Trinajstić information content (AvgIpc) is 2.52. The van der Waals surface area contributed by atoms with E-state index in [4.69, 9.17) is 17.3 Å². The molecule has 3 rings (SSSR count). The van der Waals surface area contributed by atoms with E-state index >= 15 is 0 Å². The molecule has 110 valence electrons. The predicted molar refractivity (Wildman–Crippen MR) is 87.7 cm³/mol. The molecule has 1 aromatic heterocycles. The van der Waals surface area contributed by atoms with E-state index in [1.165, 1.54) is 0 Å². The number of carboxylic acids is 1. The van der Waals surface area contributed by atoms with E-state index in [0.717, 1.165) is 16.5 Å². The summed E-state index contributed by atoms with van der Waals surface area (Å²) < 4.78 is 0.419. The first-order valence-corrected chi connectivity index (χ1v) is 7.09. The second kappa shape index (κ2) is 5.95. The highest BCUT2D eigenvalue weighted by Gasteiger charge is 2.04. The van der Waals surface area contributed by atoms with Crippen molar-refractivity contribution in [1.29, 1.82) is 0 Å². The molecule has 2 aromatic carbocycles. The predicted octanol–water partition coefficient (Wildman–Crippen LogP) is 3.60. The Hall–Kier alpha value is -2.73. The molecule has 0 spiro atoms. The van der Waals surface area contributed by atoms with Crippen molar-refractivity contribution in [2.45, 2.75) is 6.54 Å². The van der Waals surface area contributed by atoms with E-state index in [-0.39, 0.29) is 5.56 Å². The molecule has 0 amide bonds. The number of aromatic amines is 1. The number of nitrogens with zero attached hydrogens (tertiary/aromatic N) is 1. The fraction of sp³-hybridized carbons (Fsp3) is 0.0625. The number of carboxylic acid groups (broad SMARTS) is 1. The molecule has 0 unspecified atom stereocenters. The minimum absolute atomic E-state index is 0.273. The molecule has 6 heteroatoms. The molecule has 0 aliphatic rings. The first-order chi connectivity index (χ1) is 10.6. The second-order valence-electron chi connectivity index (χ2n) is 4.79. The van der Waals surface area contributed by atoms with Gasteiger partial charge in [0.2, 0.25) is 0 Å². The van der Waals surface area contributed by atoms with Crippen LogP contribution < -0.4 is 5.32 Å².